The SMILES string of the molecule is CCOc1ccc(-n2c(SCC(=O)N/N=C\c3ccc(C(=O)[O-])cc3)nnc2-c2cccnc2)cc1. The van der Waals surface area contributed by atoms with Gasteiger partial charge < -0.3 is 14.6 Å². The molecule has 0 spiro atoms. The minimum atomic E-state index is -1.26. The molecule has 0 saturated carbocycles. The molecule has 36 heavy (non-hydrogen) atoms. The lowest BCUT2D eigenvalue weighted by molar-refractivity contribution is -0.255. The second kappa shape index (κ2) is 11.8. The van der Waals surface area contributed by atoms with Gasteiger partial charge in [-0.2, -0.15) is 5.10 Å². The zero-order chi connectivity index (χ0) is 25.3. The van der Waals surface area contributed by atoms with Crippen molar-refractivity contribution in [3.05, 3.63) is 84.2 Å². The number of hydrogen-bond acceptors (Lipinski definition) is 9. The molecule has 182 valence electrons. The van der Waals surface area contributed by atoms with Gasteiger partial charge >= 0.3 is 0 Å². The van der Waals surface area contributed by atoms with E-state index in [1.807, 2.05) is 47.9 Å². The Balaban J connectivity index is 1.47. The smallest absolute Gasteiger partial charge is 0.250 e. The maximum absolute atomic E-state index is 12.4. The van der Waals surface area contributed by atoms with E-state index in [4.69, 9.17) is 4.74 Å². The first kappa shape index (κ1) is 24.6. The van der Waals surface area contributed by atoms with Crippen molar-refractivity contribution < 1.29 is 19.4 Å². The fourth-order valence-corrected chi connectivity index (χ4v) is 3.93. The topological polar surface area (TPSA) is 134 Å². The fourth-order valence-electron chi connectivity index (χ4n) is 3.18. The lowest BCUT2D eigenvalue weighted by Crippen LogP contribution is -2.22. The minimum absolute atomic E-state index is 0.0448. The number of rotatable bonds is 10. The van der Waals surface area contributed by atoms with E-state index in [-0.39, 0.29) is 17.2 Å². The van der Waals surface area contributed by atoms with E-state index in [0.717, 1.165) is 17.0 Å². The van der Waals surface area contributed by atoms with Gasteiger partial charge in [0.1, 0.15) is 5.75 Å². The molecule has 0 aliphatic carbocycles. The molecule has 2 aromatic carbocycles. The van der Waals surface area contributed by atoms with Gasteiger partial charge in [-0.1, -0.05) is 36.0 Å². The molecule has 10 nitrogen and oxygen atoms in total. The van der Waals surface area contributed by atoms with Crippen LogP contribution >= 0.6 is 11.8 Å². The van der Waals surface area contributed by atoms with Gasteiger partial charge in [-0.25, -0.2) is 5.43 Å². The van der Waals surface area contributed by atoms with Crippen LogP contribution in [0.1, 0.15) is 22.8 Å². The molecule has 11 heteroatoms. The van der Waals surface area contributed by atoms with Crippen molar-refractivity contribution in [2.75, 3.05) is 12.4 Å². The number of carbonyl (C=O) groups is 2. The number of carboxylic acid groups (broad SMARTS) is 1. The average Bonchev–Trinajstić information content (AvgIpc) is 3.33. The van der Waals surface area contributed by atoms with E-state index in [1.165, 1.54) is 30.1 Å². The quantitative estimate of drug-likeness (QED) is 0.199. The highest BCUT2D eigenvalue weighted by Gasteiger charge is 2.17. The van der Waals surface area contributed by atoms with Crippen LogP contribution in [-0.4, -0.2) is 50.2 Å². The third-order valence-corrected chi connectivity index (χ3v) is 5.77. The van der Waals surface area contributed by atoms with Crippen LogP contribution in [0.4, 0.5) is 0 Å². The Labute approximate surface area is 211 Å². The molecule has 4 rings (SSSR count). The second-order valence-electron chi connectivity index (χ2n) is 7.30. The highest BCUT2D eigenvalue weighted by molar-refractivity contribution is 7.99. The first-order valence-electron chi connectivity index (χ1n) is 10.9. The Morgan fingerprint density at radius 1 is 1.11 bits per heavy atom. The number of carbonyl (C=O) groups excluding carboxylic acids is 2. The number of aromatic carboxylic acids is 1. The summed E-state index contributed by atoms with van der Waals surface area (Å²) in [5.41, 5.74) is 4.74. The Morgan fingerprint density at radius 3 is 2.56 bits per heavy atom. The summed E-state index contributed by atoms with van der Waals surface area (Å²) in [7, 11) is 0. The van der Waals surface area contributed by atoms with Crippen molar-refractivity contribution in [3.63, 3.8) is 0 Å². The number of thioether (sulfide) groups is 1. The first-order chi connectivity index (χ1) is 17.5. The molecule has 4 aromatic rings. The maximum Gasteiger partial charge on any atom is 0.250 e. The number of nitrogens with one attached hydrogen (secondary N) is 1. The number of benzene rings is 2. The van der Waals surface area contributed by atoms with Gasteiger partial charge in [-0.3, -0.25) is 14.3 Å². The van der Waals surface area contributed by atoms with Gasteiger partial charge in [0.2, 0.25) is 0 Å². The fraction of sp³-hybridized carbons (Fsp3) is 0.120. The molecule has 0 unspecified atom stereocenters. The maximum atomic E-state index is 12.4. The number of ether oxygens (including phenoxy) is 1. The van der Waals surface area contributed by atoms with Gasteiger partial charge in [0.15, 0.2) is 11.0 Å². The van der Waals surface area contributed by atoms with E-state index in [2.05, 4.69) is 25.7 Å². The highest BCUT2D eigenvalue weighted by Crippen LogP contribution is 2.28. The Kier molecular flexibility index (Phi) is 8.04. The standard InChI is InChI=1S/C25H22N6O4S/c1-2-35-21-11-9-20(10-12-21)31-23(19-4-3-13-26-15-19)29-30-25(31)36-16-22(32)28-27-14-17-5-7-18(8-6-17)24(33)34/h3-15H,2,16H2,1H3,(H,28,32)(H,33,34)/p-1/b27-14-. The van der Waals surface area contributed by atoms with Gasteiger partial charge in [0.05, 0.1) is 24.5 Å². The lowest BCUT2D eigenvalue weighted by Gasteiger charge is -2.11. The average molecular weight is 502 g/mol. The Hall–Kier alpha value is -4.51. The van der Waals surface area contributed by atoms with Gasteiger partial charge in [-0.15, -0.1) is 10.2 Å². The Bertz CT molecular complexity index is 1360. The van der Waals surface area contributed by atoms with Crippen LogP contribution in [0.3, 0.4) is 0 Å². The highest BCUT2D eigenvalue weighted by atomic mass is 32.2. The number of amides is 1. The molecule has 0 bridgehead atoms. The number of nitrogens with zero attached hydrogens (tertiary/aromatic N) is 5. The third kappa shape index (κ3) is 6.13. The van der Waals surface area contributed by atoms with Crippen LogP contribution in [0.25, 0.3) is 17.1 Å². The van der Waals surface area contributed by atoms with Crippen LogP contribution in [0.15, 0.2) is 83.3 Å². The van der Waals surface area contributed by atoms with E-state index >= 15 is 0 Å². The van der Waals surface area contributed by atoms with Crippen molar-refractivity contribution in [2.45, 2.75) is 12.1 Å². The molecule has 0 fully saturated rings. The van der Waals surface area contributed by atoms with Crippen LogP contribution in [0.2, 0.25) is 0 Å². The van der Waals surface area contributed by atoms with Crippen molar-refractivity contribution in [1.29, 1.82) is 0 Å². The van der Waals surface area contributed by atoms with Gasteiger partial charge in [-0.05, 0) is 54.4 Å². The zero-order valence-corrected chi connectivity index (χ0v) is 20.0. The summed E-state index contributed by atoms with van der Waals surface area (Å²) in [5, 5.41) is 23.9. The van der Waals surface area contributed by atoms with Crippen molar-refractivity contribution in [3.8, 4) is 22.8 Å². The molecular formula is C25H21N6O4S-. The Morgan fingerprint density at radius 2 is 1.89 bits per heavy atom. The number of aromatic nitrogens is 4. The monoisotopic (exact) mass is 501 g/mol. The normalized spacial score (nSPS) is 10.9. The minimum Gasteiger partial charge on any atom is -0.545 e. The van der Waals surface area contributed by atoms with Crippen LogP contribution in [-0.2, 0) is 4.79 Å². The van der Waals surface area contributed by atoms with Crippen molar-refractivity contribution in [1.82, 2.24) is 25.2 Å². The summed E-state index contributed by atoms with van der Waals surface area (Å²) in [5.74, 6) is -0.213. The number of hydrazone groups is 1. The molecule has 0 atom stereocenters. The molecule has 0 aliphatic rings. The van der Waals surface area contributed by atoms with Crippen molar-refractivity contribution >= 4 is 29.9 Å². The van der Waals surface area contributed by atoms with Gasteiger partial charge in [0, 0.05) is 23.6 Å². The molecule has 2 heterocycles. The van der Waals surface area contributed by atoms with Crippen LogP contribution in [0, 0.1) is 0 Å². The summed E-state index contributed by atoms with van der Waals surface area (Å²) in [6.07, 6.45) is 4.80. The van der Waals surface area contributed by atoms with Gasteiger partial charge in [0.25, 0.3) is 5.91 Å². The molecule has 1 amide bonds. The van der Waals surface area contributed by atoms with E-state index in [0.29, 0.717) is 23.2 Å². The second-order valence-corrected chi connectivity index (χ2v) is 8.24. The number of pyridine rings is 1. The molecular weight excluding hydrogens is 480 g/mol. The number of carboxylic acids is 1. The molecule has 0 radical (unpaired) electrons. The lowest BCUT2D eigenvalue weighted by atomic mass is 10.1. The number of hydrogen-bond donors (Lipinski definition) is 1. The van der Waals surface area contributed by atoms with E-state index in [9.17, 15) is 14.7 Å². The summed E-state index contributed by atoms with van der Waals surface area (Å²) in [4.78, 5) is 27.4. The van der Waals surface area contributed by atoms with Crippen molar-refractivity contribution in [2.24, 2.45) is 5.10 Å². The molecule has 0 saturated heterocycles. The molecule has 2 aromatic heterocycles. The summed E-state index contributed by atoms with van der Waals surface area (Å²) >= 11 is 1.21. The third-order valence-electron chi connectivity index (χ3n) is 4.84. The molecule has 0 aliphatic heterocycles. The summed E-state index contributed by atoms with van der Waals surface area (Å²) in [6.45, 7) is 2.49. The predicted molar refractivity (Wildman–Crippen MR) is 133 cm³/mol. The molecule has 1 N–H and O–H groups in total. The van der Waals surface area contributed by atoms with E-state index in [1.54, 1.807) is 24.5 Å². The van der Waals surface area contributed by atoms with Crippen LogP contribution in [0.5, 0.6) is 5.75 Å². The first-order valence-corrected chi connectivity index (χ1v) is 11.9. The van der Waals surface area contributed by atoms with E-state index < -0.39 is 5.97 Å². The zero-order valence-electron chi connectivity index (χ0n) is 19.2. The summed E-state index contributed by atoms with van der Waals surface area (Å²) in [6, 6.07) is 17.2. The van der Waals surface area contributed by atoms with Crippen LogP contribution < -0.4 is 15.3 Å². The summed E-state index contributed by atoms with van der Waals surface area (Å²) < 4.78 is 7.39. The predicted octanol–water partition coefficient (Wildman–Crippen LogP) is 2.33. The largest absolute Gasteiger partial charge is 0.545 e.